The van der Waals surface area contributed by atoms with Gasteiger partial charge in [0.2, 0.25) is 5.91 Å². The monoisotopic (exact) mass is 353 g/mol. The molecule has 0 radical (unpaired) electrons. The van der Waals surface area contributed by atoms with Crippen LogP contribution < -0.4 is 16.4 Å². The molecule has 4 N–H and O–H groups in total. The van der Waals surface area contributed by atoms with Crippen LogP contribution in [0.5, 0.6) is 0 Å². The molecule has 0 heterocycles. The van der Waals surface area contributed by atoms with Crippen LogP contribution in [0.2, 0.25) is 0 Å². The highest BCUT2D eigenvalue weighted by Gasteiger charge is 2.46. The third kappa shape index (κ3) is 5.31. The number of nitrogens with one attached hydrogen (secondary N) is 2. The van der Waals surface area contributed by atoms with Crippen LogP contribution in [0.15, 0.2) is 24.3 Å². The van der Waals surface area contributed by atoms with E-state index in [0.29, 0.717) is 24.3 Å². The Balaban J connectivity index is 2.03. The average molecular weight is 353 g/mol. The third-order valence-electron chi connectivity index (χ3n) is 3.94. The fraction of sp³-hybridized carbons (Fsp3) is 0.500. The summed E-state index contributed by atoms with van der Waals surface area (Å²) < 4.78 is 23.0. The van der Waals surface area contributed by atoms with Crippen LogP contribution >= 0.6 is 0 Å². The van der Waals surface area contributed by atoms with E-state index in [4.69, 9.17) is 5.73 Å². The summed E-state index contributed by atoms with van der Waals surface area (Å²) in [5.41, 5.74) is 5.68. The van der Waals surface area contributed by atoms with Crippen molar-refractivity contribution in [3.05, 3.63) is 29.8 Å². The molecule has 1 fully saturated rings. The number of amides is 2. The lowest BCUT2D eigenvalue weighted by atomic mass is 10.0. The van der Waals surface area contributed by atoms with Crippen molar-refractivity contribution in [3.63, 3.8) is 0 Å². The number of benzene rings is 1. The molecule has 0 bridgehead atoms. The average Bonchev–Trinajstić information content (AvgIpc) is 3.21. The summed E-state index contributed by atoms with van der Waals surface area (Å²) in [6, 6.07) is 6.69. The molecule has 2 rings (SSSR count). The molecular formula is C16H23N3O4S. The lowest BCUT2D eigenvalue weighted by molar-refractivity contribution is -0.117. The molecule has 7 nitrogen and oxygen atoms in total. The summed E-state index contributed by atoms with van der Waals surface area (Å²) in [6.07, 6.45) is 2.78. The number of rotatable bonds is 8. The molecule has 0 spiro atoms. The van der Waals surface area contributed by atoms with Crippen molar-refractivity contribution in [1.29, 1.82) is 0 Å². The number of anilines is 1. The van der Waals surface area contributed by atoms with E-state index < -0.39 is 15.3 Å². The number of nitrogens with two attached hydrogens (primary N) is 1. The highest BCUT2D eigenvalue weighted by Crippen LogP contribution is 2.49. The van der Waals surface area contributed by atoms with E-state index in [1.807, 2.05) is 0 Å². The Morgan fingerprint density at radius 1 is 1.25 bits per heavy atom. The first-order chi connectivity index (χ1) is 11.2. The Morgan fingerprint density at radius 2 is 1.92 bits per heavy atom. The number of carbonyl (C=O) groups excluding carboxylic acids is 2. The van der Waals surface area contributed by atoms with E-state index in [1.165, 1.54) is 6.26 Å². The third-order valence-corrected chi connectivity index (χ3v) is 5.07. The van der Waals surface area contributed by atoms with Gasteiger partial charge in [-0.05, 0) is 30.4 Å². The maximum absolute atomic E-state index is 12.3. The van der Waals surface area contributed by atoms with Gasteiger partial charge in [-0.3, -0.25) is 9.59 Å². The van der Waals surface area contributed by atoms with Gasteiger partial charge < -0.3 is 16.4 Å². The zero-order chi connectivity index (χ0) is 17.8. The van der Waals surface area contributed by atoms with Crippen LogP contribution in [-0.4, -0.2) is 45.3 Å². The summed E-state index contributed by atoms with van der Waals surface area (Å²) >= 11 is 0. The van der Waals surface area contributed by atoms with Crippen molar-refractivity contribution in [1.82, 2.24) is 5.32 Å². The van der Waals surface area contributed by atoms with Gasteiger partial charge >= 0.3 is 0 Å². The molecule has 1 saturated carbocycles. The molecular weight excluding hydrogens is 330 g/mol. The van der Waals surface area contributed by atoms with Gasteiger partial charge in [0, 0.05) is 25.8 Å². The number of carbonyl (C=O) groups is 2. The lowest BCUT2D eigenvalue weighted by Crippen LogP contribution is -2.30. The molecule has 1 aromatic carbocycles. The molecule has 24 heavy (non-hydrogen) atoms. The summed E-state index contributed by atoms with van der Waals surface area (Å²) in [5.74, 6) is -0.574. The molecule has 0 aliphatic heterocycles. The minimum absolute atomic E-state index is 0.0199. The smallest absolute Gasteiger partial charge is 0.253 e. The second-order valence-electron chi connectivity index (χ2n) is 6.39. The zero-order valence-electron chi connectivity index (χ0n) is 13.7. The predicted octanol–water partition coefficient (Wildman–Crippen LogP) is 0.529. The molecule has 1 aliphatic carbocycles. The van der Waals surface area contributed by atoms with Crippen LogP contribution in [0, 0.1) is 5.41 Å². The molecule has 0 aromatic heterocycles. The van der Waals surface area contributed by atoms with E-state index in [0.717, 1.165) is 12.8 Å². The fourth-order valence-electron chi connectivity index (χ4n) is 2.71. The largest absolute Gasteiger partial charge is 0.351 e. The molecule has 2 amide bonds. The van der Waals surface area contributed by atoms with Crippen LogP contribution in [-0.2, 0) is 14.6 Å². The molecule has 0 atom stereocenters. The first kappa shape index (κ1) is 18.4. The van der Waals surface area contributed by atoms with E-state index >= 15 is 0 Å². The fourth-order valence-corrected chi connectivity index (χ4v) is 4.21. The standard InChI is InChI=1S/C16H23N3O4S/c1-24(22,23)11-16(6-7-16)10-14(20)19-13-5-3-2-4-12(13)15(21)18-9-8-17/h2-5H,6-11,17H2,1H3,(H,18,21)(H,19,20). The van der Waals surface area contributed by atoms with E-state index in [2.05, 4.69) is 10.6 Å². The first-order valence-electron chi connectivity index (χ1n) is 7.80. The Morgan fingerprint density at radius 3 is 2.50 bits per heavy atom. The minimum atomic E-state index is -3.13. The van der Waals surface area contributed by atoms with Gasteiger partial charge in [-0.2, -0.15) is 0 Å². The van der Waals surface area contributed by atoms with Crippen molar-refractivity contribution in [2.75, 3.05) is 30.4 Å². The molecule has 132 valence electrons. The summed E-state index contributed by atoms with van der Waals surface area (Å²) in [6.45, 7) is 0.673. The van der Waals surface area contributed by atoms with E-state index in [-0.39, 0.29) is 24.0 Å². The Bertz CT molecular complexity index is 727. The van der Waals surface area contributed by atoms with Gasteiger partial charge in [0.25, 0.3) is 5.91 Å². The van der Waals surface area contributed by atoms with E-state index in [9.17, 15) is 18.0 Å². The van der Waals surface area contributed by atoms with Crippen LogP contribution in [0.4, 0.5) is 5.69 Å². The maximum Gasteiger partial charge on any atom is 0.253 e. The molecule has 8 heteroatoms. The predicted molar refractivity (Wildman–Crippen MR) is 92.5 cm³/mol. The molecule has 0 unspecified atom stereocenters. The second kappa shape index (κ2) is 7.31. The molecule has 1 aliphatic rings. The van der Waals surface area contributed by atoms with Crippen molar-refractivity contribution < 1.29 is 18.0 Å². The quantitative estimate of drug-likeness (QED) is 0.630. The van der Waals surface area contributed by atoms with Gasteiger partial charge in [0.15, 0.2) is 0 Å². The summed E-state index contributed by atoms with van der Waals surface area (Å²) in [7, 11) is -3.13. The SMILES string of the molecule is CS(=O)(=O)CC1(CC(=O)Nc2ccccc2C(=O)NCCN)CC1. The van der Waals surface area contributed by atoms with Crippen molar-refractivity contribution in [2.24, 2.45) is 11.1 Å². The van der Waals surface area contributed by atoms with E-state index in [1.54, 1.807) is 24.3 Å². The molecule has 0 saturated heterocycles. The normalized spacial score (nSPS) is 15.6. The zero-order valence-corrected chi connectivity index (χ0v) is 14.5. The second-order valence-corrected chi connectivity index (χ2v) is 8.53. The van der Waals surface area contributed by atoms with Gasteiger partial charge in [-0.25, -0.2) is 8.42 Å². The maximum atomic E-state index is 12.3. The lowest BCUT2D eigenvalue weighted by Gasteiger charge is -2.15. The number of hydrogen-bond donors (Lipinski definition) is 3. The Hall–Kier alpha value is -1.93. The van der Waals surface area contributed by atoms with Crippen LogP contribution in [0.1, 0.15) is 29.6 Å². The van der Waals surface area contributed by atoms with Gasteiger partial charge in [0.1, 0.15) is 9.84 Å². The minimum Gasteiger partial charge on any atom is -0.351 e. The topological polar surface area (TPSA) is 118 Å². The Labute approximate surface area is 141 Å². The molecule has 1 aromatic rings. The van der Waals surface area contributed by atoms with Crippen molar-refractivity contribution in [2.45, 2.75) is 19.3 Å². The highest BCUT2D eigenvalue weighted by atomic mass is 32.2. The summed E-state index contributed by atoms with van der Waals surface area (Å²) in [4.78, 5) is 24.4. The number of para-hydroxylation sites is 1. The Kier molecular flexibility index (Phi) is 5.61. The van der Waals surface area contributed by atoms with Crippen molar-refractivity contribution in [3.8, 4) is 0 Å². The number of hydrogen-bond acceptors (Lipinski definition) is 5. The highest BCUT2D eigenvalue weighted by molar-refractivity contribution is 7.90. The van der Waals surface area contributed by atoms with Gasteiger partial charge in [0.05, 0.1) is 17.0 Å². The number of sulfone groups is 1. The summed E-state index contributed by atoms with van der Waals surface area (Å²) in [5, 5.41) is 5.38. The first-order valence-corrected chi connectivity index (χ1v) is 9.86. The van der Waals surface area contributed by atoms with Crippen LogP contribution in [0.3, 0.4) is 0 Å². The van der Waals surface area contributed by atoms with Gasteiger partial charge in [-0.15, -0.1) is 0 Å². The van der Waals surface area contributed by atoms with Gasteiger partial charge in [-0.1, -0.05) is 12.1 Å². The van der Waals surface area contributed by atoms with Crippen LogP contribution in [0.25, 0.3) is 0 Å². The van der Waals surface area contributed by atoms with Crippen molar-refractivity contribution >= 4 is 27.3 Å².